The van der Waals surface area contributed by atoms with Gasteiger partial charge in [0.05, 0.1) is 6.61 Å². The number of ether oxygens (including phenoxy) is 1. The van der Waals surface area contributed by atoms with Crippen LogP contribution in [0.4, 0.5) is 0 Å². The minimum Gasteiger partial charge on any atom is -0.461 e. The summed E-state index contributed by atoms with van der Waals surface area (Å²) in [5.74, 6) is 0.774. The Morgan fingerprint density at radius 3 is 3.00 bits per heavy atom. The fourth-order valence-corrected chi connectivity index (χ4v) is 2.78. The van der Waals surface area contributed by atoms with E-state index in [4.69, 9.17) is 9.15 Å². The number of carbonyl (C=O) groups is 1. The van der Waals surface area contributed by atoms with Crippen molar-refractivity contribution in [2.45, 2.75) is 25.4 Å². The standard InChI is InChI=1S/C16H21N3O3/c1-10-5-12-6-11(3-4-15(12)22-10)16(20)17-8-13-7-14(9-21-2)19-18-13/h3-6,13-14,18-19H,7-9H2,1-2H3,(H,17,20). The Morgan fingerprint density at radius 1 is 1.36 bits per heavy atom. The van der Waals surface area contributed by atoms with E-state index in [0.29, 0.717) is 18.7 Å². The fourth-order valence-electron chi connectivity index (χ4n) is 2.78. The van der Waals surface area contributed by atoms with Crippen LogP contribution in [-0.2, 0) is 4.74 Å². The summed E-state index contributed by atoms with van der Waals surface area (Å²) in [6, 6.07) is 7.91. The van der Waals surface area contributed by atoms with Gasteiger partial charge in [-0.1, -0.05) is 0 Å². The summed E-state index contributed by atoms with van der Waals surface area (Å²) in [4.78, 5) is 12.2. The molecule has 2 unspecified atom stereocenters. The molecule has 0 spiro atoms. The zero-order chi connectivity index (χ0) is 15.5. The molecule has 2 aromatic rings. The van der Waals surface area contributed by atoms with Crippen LogP contribution in [0.3, 0.4) is 0 Å². The third-order valence-corrected chi connectivity index (χ3v) is 3.84. The molecule has 0 bridgehead atoms. The Kier molecular flexibility index (Phi) is 4.42. The fraction of sp³-hybridized carbons (Fsp3) is 0.438. The van der Waals surface area contributed by atoms with Crippen LogP contribution in [0.15, 0.2) is 28.7 Å². The lowest BCUT2D eigenvalue weighted by molar-refractivity contribution is 0.0950. The van der Waals surface area contributed by atoms with Crippen LogP contribution in [0, 0.1) is 6.92 Å². The molecule has 6 nitrogen and oxygen atoms in total. The Morgan fingerprint density at radius 2 is 2.18 bits per heavy atom. The summed E-state index contributed by atoms with van der Waals surface area (Å²) in [6.45, 7) is 3.14. The van der Waals surface area contributed by atoms with Gasteiger partial charge in [0.1, 0.15) is 11.3 Å². The number of benzene rings is 1. The van der Waals surface area contributed by atoms with E-state index in [1.165, 1.54) is 0 Å². The summed E-state index contributed by atoms with van der Waals surface area (Å²) in [7, 11) is 1.69. The molecule has 0 saturated carbocycles. The highest BCUT2D eigenvalue weighted by Gasteiger charge is 2.23. The van der Waals surface area contributed by atoms with E-state index in [-0.39, 0.29) is 18.0 Å². The normalized spacial score (nSPS) is 21.4. The molecule has 3 N–H and O–H groups in total. The van der Waals surface area contributed by atoms with Crippen LogP contribution >= 0.6 is 0 Å². The van der Waals surface area contributed by atoms with Gasteiger partial charge in [-0.2, -0.15) is 0 Å². The van der Waals surface area contributed by atoms with Crippen LogP contribution in [-0.4, -0.2) is 38.3 Å². The third-order valence-electron chi connectivity index (χ3n) is 3.84. The van der Waals surface area contributed by atoms with Gasteiger partial charge >= 0.3 is 0 Å². The van der Waals surface area contributed by atoms with Gasteiger partial charge in [0.25, 0.3) is 5.91 Å². The Bertz CT molecular complexity index is 668. The number of methoxy groups -OCH3 is 1. The summed E-state index contributed by atoms with van der Waals surface area (Å²) < 4.78 is 10.6. The third kappa shape index (κ3) is 3.30. The van der Waals surface area contributed by atoms with Gasteiger partial charge in [0, 0.05) is 36.7 Å². The van der Waals surface area contributed by atoms with Gasteiger partial charge in [0.15, 0.2) is 0 Å². The number of hydrazine groups is 1. The average Bonchev–Trinajstić information content (AvgIpc) is 3.09. The average molecular weight is 303 g/mol. The van der Waals surface area contributed by atoms with E-state index < -0.39 is 0 Å². The van der Waals surface area contributed by atoms with Crippen molar-refractivity contribution in [3.8, 4) is 0 Å². The summed E-state index contributed by atoms with van der Waals surface area (Å²) in [6.07, 6.45) is 0.925. The first-order chi connectivity index (χ1) is 10.7. The van der Waals surface area contributed by atoms with Gasteiger partial charge in [-0.25, -0.2) is 0 Å². The molecule has 0 radical (unpaired) electrons. The molecule has 1 aromatic heterocycles. The first kappa shape index (κ1) is 15.0. The highest BCUT2D eigenvalue weighted by atomic mass is 16.5. The molecule has 1 aliphatic rings. The first-order valence-electron chi connectivity index (χ1n) is 7.44. The lowest BCUT2D eigenvalue weighted by atomic mass is 10.1. The second-order valence-electron chi connectivity index (χ2n) is 5.69. The topological polar surface area (TPSA) is 75.5 Å². The van der Waals surface area contributed by atoms with E-state index in [0.717, 1.165) is 23.2 Å². The van der Waals surface area contributed by atoms with Crippen LogP contribution < -0.4 is 16.2 Å². The van der Waals surface area contributed by atoms with Crippen LogP contribution in [0.2, 0.25) is 0 Å². The van der Waals surface area contributed by atoms with Crippen molar-refractivity contribution in [3.63, 3.8) is 0 Å². The van der Waals surface area contributed by atoms with E-state index in [9.17, 15) is 4.79 Å². The lowest BCUT2D eigenvalue weighted by Gasteiger charge is -2.11. The Hall–Kier alpha value is -1.89. The van der Waals surface area contributed by atoms with Crippen molar-refractivity contribution in [1.29, 1.82) is 0 Å². The van der Waals surface area contributed by atoms with E-state index in [1.54, 1.807) is 13.2 Å². The lowest BCUT2D eigenvalue weighted by Crippen LogP contribution is -2.40. The second kappa shape index (κ2) is 6.48. The zero-order valence-corrected chi connectivity index (χ0v) is 12.8. The molecule has 1 aliphatic heterocycles. The molecule has 2 heterocycles. The number of fused-ring (bicyclic) bond motifs is 1. The number of rotatable bonds is 5. The molecule has 2 atom stereocenters. The molecule has 1 saturated heterocycles. The summed E-state index contributed by atoms with van der Waals surface area (Å²) >= 11 is 0. The highest BCUT2D eigenvalue weighted by molar-refractivity contribution is 5.97. The molecular formula is C16H21N3O3. The minimum absolute atomic E-state index is 0.0715. The molecule has 0 aliphatic carbocycles. The van der Waals surface area contributed by atoms with Crippen molar-refractivity contribution in [2.24, 2.45) is 0 Å². The van der Waals surface area contributed by atoms with E-state index in [1.807, 2.05) is 25.1 Å². The predicted octanol–water partition coefficient (Wildman–Crippen LogP) is 1.35. The number of aryl methyl sites for hydroxylation is 1. The SMILES string of the molecule is COCC1CC(CNC(=O)c2ccc3oc(C)cc3c2)NN1. The predicted molar refractivity (Wildman–Crippen MR) is 83.6 cm³/mol. The largest absolute Gasteiger partial charge is 0.461 e. The molecule has 3 rings (SSSR count). The van der Waals surface area contributed by atoms with Gasteiger partial charge in [-0.15, -0.1) is 0 Å². The number of hydrogen-bond donors (Lipinski definition) is 3. The maximum Gasteiger partial charge on any atom is 0.251 e. The smallest absolute Gasteiger partial charge is 0.251 e. The molecule has 6 heteroatoms. The molecule has 1 amide bonds. The van der Waals surface area contributed by atoms with Crippen molar-refractivity contribution >= 4 is 16.9 Å². The van der Waals surface area contributed by atoms with Gasteiger partial charge < -0.3 is 14.5 Å². The monoisotopic (exact) mass is 303 g/mol. The minimum atomic E-state index is -0.0715. The molecule has 1 fully saturated rings. The number of hydrogen-bond acceptors (Lipinski definition) is 5. The van der Waals surface area contributed by atoms with E-state index >= 15 is 0 Å². The maximum absolute atomic E-state index is 12.2. The summed E-state index contributed by atoms with van der Waals surface area (Å²) in [5.41, 5.74) is 7.78. The van der Waals surface area contributed by atoms with Gasteiger partial charge in [0.2, 0.25) is 0 Å². The van der Waals surface area contributed by atoms with Crippen LogP contribution in [0.5, 0.6) is 0 Å². The van der Waals surface area contributed by atoms with Gasteiger partial charge in [-0.3, -0.25) is 15.6 Å². The van der Waals surface area contributed by atoms with Gasteiger partial charge in [-0.05, 0) is 37.6 Å². The van der Waals surface area contributed by atoms with Crippen molar-refractivity contribution in [1.82, 2.24) is 16.2 Å². The zero-order valence-electron chi connectivity index (χ0n) is 12.8. The number of amides is 1. The Labute approximate surface area is 129 Å². The quantitative estimate of drug-likeness (QED) is 0.777. The molecule has 118 valence electrons. The van der Waals surface area contributed by atoms with Crippen molar-refractivity contribution in [3.05, 3.63) is 35.6 Å². The molecular weight excluding hydrogens is 282 g/mol. The number of nitrogens with one attached hydrogen (secondary N) is 3. The molecule has 1 aromatic carbocycles. The number of carbonyl (C=O) groups excluding carboxylic acids is 1. The van der Waals surface area contributed by atoms with Crippen molar-refractivity contribution < 1.29 is 13.9 Å². The Balaban J connectivity index is 1.57. The maximum atomic E-state index is 12.2. The van der Waals surface area contributed by atoms with Crippen LogP contribution in [0.1, 0.15) is 22.5 Å². The first-order valence-corrected chi connectivity index (χ1v) is 7.44. The number of furan rings is 1. The van der Waals surface area contributed by atoms with E-state index in [2.05, 4.69) is 16.2 Å². The van der Waals surface area contributed by atoms with Crippen LogP contribution in [0.25, 0.3) is 11.0 Å². The van der Waals surface area contributed by atoms with Crippen molar-refractivity contribution in [2.75, 3.05) is 20.3 Å². The highest BCUT2D eigenvalue weighted by Crippen LogP contribution is 2.20. The summed E-state index contributed by atoms with van der Waals surface area (Å²) in [5, 5.41) is 3.91. The second-order valence-corrected chi connectivity index (χ2v) is 5.69. The molecule has 22 heavy (non-hydrogen) atoms.